The Morgan fingerprint density at radius 2 is 2.16 bits per heavy atom. The minimum atomic E-state index is -0.214. The average Bonchev–Trinajstić information content (AvgIpc) is 2.45. The van der Waals surface area contributed by atoms with Crippen LogP contribution in [0.25, 0.3) is 0 Å². The molecule has 1 N–H and O–H groups in total. The fourth-order valence-corrected chi connectivity index (χ4v) is 1.70. The molecule has 1 aromatic carbocycles. The summed E-state index contributed by atoms with van der Waals surface area (Å²) in [5.74, 6) is 0.843. The lowest BCUT2D eigenvalue weighted by molar-refractivity contribution is 0.0739. The zero-order valence-electron chi connectivity index (χ0n) is 11.3. The van der Waals surface area contributed by atoms with Gasteiger partial charge in [-0.15, -0.1) is 6.58 Å². The van der Waals surface area contributed by atoms with Gasteiger partial charge < -0.3 is 19.5 Å². The first-order valence-corrected chi connectivity index (χ1v) is 5.91. The lowest BCUT2D eigenvalue weighted by Crippen LogP contribution is -2.33. The topological polar surface area (TPSA) is 59.0 Å². The summed E-state index contributed by atoms with van der Waals surface area (Å²) in [6.07, 6.45) is 1.61. The minimum Gasteiger partial charge on any atom is -0.497 e. The van der Waals surface area contributed by atoms with E-state index in [4.69, 9.17) is 14.6 Å². The van der Waals surface area contributed by atoms with Gasteiger partial charge in [0.15, 0.2) is 0 Å². The van der Waals surface area contributed by atoms with Crippen LogP contribution in [0.3, 0.4) is 0 Å². The van der Waals surface area contributed by atoms with Crippen molar-refractivity contribution in [2.45, 2.75) is 0 Å². The Kier molecular flexibility index (Phi) is 5.89. The van der Waals surface area contributed by atoms with E-state index in [-0.39, 0.29) is 19.1 Å². The molecule has 0 heterocycles. The summed E-state index contributed by atoms with van der Waals surface area (Å²) in [6, 6.07) is 4.99. The van der Waals surface area contributed by atoms with Gasteiger partial charge in [-0.1, -0.05) is 6.08 Å². The van der Waals surface area contributed by atoms with Gasteiger partial charge in [0.25, 0.3) is 5.91 Å². The Morgan fingerprint density at radius 3 is 2.68 bits per heavy atom. The van der Waals surface area contributed by atoms with Crippen molar-refractivity contribution in [2.75, 3.05) is 33.9 Å². The third-order valence-electron chi connectivity index (χ3n) is 2.65. The highest BCUT2D eigenvalue weighted by Crippen LogP contribution is 2.25. The van der Waals surface area contributed by atoms with E-state index >= 15 is 0 Å². The Bertz CT molecular complexity index is 445. The zero-order valence-corrected chi connectivity index (χ0v) is 11.3. The number of benzene rings is 1. The summed E-state index contributed by atoms with van der Waals surface area (Å²) < 4.78 is 10.3. The number of hydrogen-bond acceptors (Lipinski definition) is 4. The second kappa shape index (κ2) is 7.43. The maximum absolute atomic E-state index is 12.4. The Balaban J connectivity index is 3.05. The smallest absolute Gasteiger partial charge is 0.257 e. The monoisotopic (exact) mass is 265 g/mol. The van der Waals surface area contributed by atoms with E-state index in [1.165, 1.54) is 12.0 Å². The number of nitrogens with zero attached hydrogens (tertiary/aromatic N) is 1. The number of carbonyl (C=O) groups excluding carboxylic acids is 1. The lowest BCUT2D eigenvalue weighted by Gasteiger charge is -2.21. The molecule has 0 saturated carbocycles. The zero-order chi connectivity index (χ0) is 14.3. The summed E-state index contributed by atoms with van der Waals surface area (Å²) in [5, 5.41) is 8.99. The van der Waals surface area contributed by atoms with Gasteiger partial charge in [0, 0.05) is 19.2 Å². The van der Waals surface area contributed by atoms with Crippen LogP contribution in [-0.2, 0) is 0 Å². The fraction of sp³-hybridized carbons (Fsp3) is 0.357. The average molecular weight is 265 g/mol. The Morgan fingerprint density at radius 1 is 1.42 bits per heavy atom. The van der Waals surface area contributed by atoms with E-state index in [1.54, 1.807) is 31.4 Å². The van der Waals surface area contributed by atoms with Crippen LogP contribution in [0.1, 0.15) is 10.4 Å². The number of hydrogen-bond donors (Lipinski definition) is 1. The molecule has 0 bridgehead atoms. The van der Waals surface area contributed by atoms with Crippen molar-refractivity contribution in [3.63, 3.8) is 0 Å². The molecule has 0 aromatic heterocycles. The molecule has 0 fully saturated rings. The Hall–Kier alpha value is -2.01. The number of carbonyl (C=O) groups is 1. The number of ether oxygens (including phenoxy) is 2. The third kappa shape index (κ3) is 3.72. The molecular weight excluding hydrogens is 246 g/mol. The van der Waals surface area contributed by atoms with Crippen LogP contribution in [-0.4, -0.2) is 49.8 Å². The molecule has 0 atom stereocenters. The largest absolute Gasteiger partial charge is 0.497 e. The van der Waals surface area contributed by atoms with Crippen LogP contribution in [0.15, 0.2) is 30.9 Å². The first-order chi connectivity index (χ1) is 9.17. The molecule has 5 heteroatoms. The normalized spacial score (nSPS) is 9.84. The summed E-state index contributed by atoms with van der Waals surface area (Å²) in [6.45, 7) is 4.12. The molecule has 1 amide bonds. The SMILES string of the molecule is C=CCN(CCO)C(=O)c1ccc(OC)cc1OC. The van der Waals surface area contributed by atoms with Gasteiger partial charge in [0.1, 0.15) is 11.5 Å². The standard InChI is InChI=1S/C14H19NO4/c1-4-7-15(8-9-16)14(17)12-6-5-11(18-2)10-13(12)19-3/h4-6,10,16H,1,7-9H2,2-3H3. The lowest BCUT2D eigenvalue weighted by atomic mass is 10.1. The maximum Gasteiger partial charge on any atom is 0.257 e. The van der Waals surface area contributed by atoms with Crippen molar-refractivity contribution < 1.29 is 19.4 Å². The first-order valence-electron chi connectivity index (χ1n) is 5.91. The molecule has 0 spiro atoms. The second-order valence-electron chi connectivity index (χ2n) is 3.83. The van der Waals surface area contributed by atoms with Gasteiger partial charge in [0.05, 0.1) is 26.4 Å². The predicted molar refractivity (Wildman–Crippen MR) is 72.7 cm³/mol. The van der Waals surface area contributed by atoms with E-state index in [2.05, 4.69) is 6.58 Å². The van der Waals surface area contributed by atoms with Gasteiger partial charge in [-0.05, 0) is 12.1 Å². The second-order valence-corrected chi connectivity index (χ2v) is 3.83. The number of aliphatic hydroxyl groups excluding tert-OH is 1. The third-order valence-corrected chi connectivity index (χ3v) is 2.65. The van der Waals surface area contributed by atoms with Crippen molar-refractivity contribution in [2.24, 2.45) is 0 Å². The van der Waals surface area contributed by atoms with Gasteiger partial charge in [0.2, 0.25) is 0 Å². The van der Waals surface area contributed by atoms with Crippen LogP contribution in [0.5, 0.6) is 11.5 Å². The first kappa shape index (κ1) is 15.0. The summed E-state index contributed by atoms with van der Waals surface area (Å²) in [5.41, 5.74) is 0.429. The molecule has 104 valence electrons. The number of rotatable bonds is 7. The van der Waals surface area contributed by atoms with E-state index in [0.717, 1.165) is 0 Å². The number of methoxy groups -OCH3 is 2. The van der Waals surface area contributed by atoms with Crippen LogP contribution in [0.4, 0.5) is 0 Å². The summed E-state index contributed by atoms with van der Waals surface area (Å²) >= 11 is 0. The van der Waals surface area contributed by atoms with E-state index < -0.39 is 0 Å². The van der Waals surface area contributed by atoms with E-state index in [9.17, 15) is 4.79 Å². The molecule has 0 aliphatic rings. The molecule has 0 saturated heterocycles. The van der Waals surface area contributed by atoms with Crippen molar-refractivity contribution in [3.05, 3.63) is 36.4 Å². The van der Waals surface area contributed by atoms with Crippen LogP contribution in [0, 0.1) is 0 Å². The quantitative estimate of drug-likeness (QED) is 0.755. The highest BCUT2D eigenvalue weighted by molar-refractivity contribution is 5.97. The molecule has 0 aliphatic carbocycles. The highest BCUT2D eigenvalue weighted by atomic mass is 16.5. The number of aliphatic hydroxyl groups is 1. The molecular formula is C14H19NO4. The van der Waals surface area contributed by atoms with Crippen LogP contribution in [0.2, 0.25) is 0 Å². The van der Waals surface area contributed by atoms with Gasteiger partial charge >= 0.3 is 0 Å². The van der Waals surface area contributed by atoms with Crippen molar-refractivity contribution in [1.82, 2.24) is 4.90 Å². The molecule has 19 heavy (non-hydrogen) atoms. The maximum atomic E-state index is 12.4. The molecule has 1 aromatic rings. The number of amides is 1. The molecule has 0 unspecified atom stereocenters. The van der Waals surface area contributed by atoms with E-state index in [1.807, 2.05) is 0 Å². The fourth-order valence-electron chi connectivity index (χ4n) is 1.70. The van der Waals surface area contributed by atoms with Crippen LogP contribution < -0.4 is 9.47 Å². The van der Waals surface area contributed by atoms with Gasteiger partial charge in [-0.25, -0.2) is 0 Å². The minimum absolute atomic E-state index is 0.0992. The summed E-state index contributed by atoms with van der Waals surface area (Å²) in [4.78, 5) is 13.8. The van der Waals surface area contributed by atoms with Crippen molar-refractivity contribution in [3.8, 4) is 11.5 Å². The van der Waals surface area contributed by atoms with Gasteiger partial charge in [-0.2, -0.15) is 0 Å². The molecule has 0 aliphatic heterocycles. The molecule has 1 rings (SSSR count). The van der Waals surface area contributed by atoms with Gasteiger partial charge in [-0.3, -0.25) is 4.79 Å². The summed E-state index contributed by atoms with van der Waals surface area (Å²) in [7, 11) is 3.04. The van der Waals surface area contributed by atoms with Crippen molar-refractivity contribution >= 4 is 5.91 Å². The van der Waals surface area contributed by atoms with Crippen LogP contribution >= 0.6 is 0 Å². The van der Waals surface area contributed by atoms with Crippen molar-refractivity contribution in [1.29, 1.82) is 0 Å². The van der Waals surface area contributed by atoms with E-state index in [0.29, 0.717) is 23.6 Å². The molecule has 0 radical (unpaired) electrons. The highest BCUT2D eigenvalue weighted by Gasteiger charge is 2.18. The predicted octanol–water partition coefficient (Wildman–Crippen LogP) is 1.32. The Labute approximate surface area is 113 Å². The molecule has 5 nitrogen and oxygen atoms in total.